The van der Waals surface area contributed by atoms with Gasteiger partial charge < -0.3 is 4.90 Å². The first-order valence-corrected chi connectivity index (χ1v) is 9.71. The predicted octanol–water partition coefficient (Wildman–Crippen LogP) is 2.63. The molecule has 1 amide bonds. The molecule has 1 saturated heterocycles. The topological polar surface area (TPSA) is 41.4 Å². The van der Waals surface area contributed by atoms with Crippen LogP contribution in [0, 0.1) is 0 Å². The molecule has 2 aromatic rings. The summed E-state index contributed by atoms with van der Waals surface area (Å²) in [4.78, 5) is 16.9. The molecule has 1 aliphatic heterocycles. The number of rotatable bonds is 6. The average molecular weight is 347 g/mol. The van der Waals surface area contributed by atoms with Gasteiger partial charge in [0.2, 0.25) is 5.91 Å². The lowest BCUT2D eigenvalue weighted by molar-refractivity contribution is -0.131. The molecule has 130 valence electrons. The van der Waals surface area contributed by atoms with Crippen molar-refractivity contribution in [1.82, 2.24) is 19.6 Å². The van der Waals surface area contributed by atoms with E-state index in [-0.39, 0.29) is 0 Å². The van der Waals surface area contributed by atoms with Crippen LogP contribution in [0.4, 0.5) is 0 Å². The lowest BCUT2D eigenvalue weighted by Gasteiger charge is -2.21. The van der Waals surface area contributed by atoms with Crippen LogP contribution in [0.5, 0.6) is 0 Å². The number of thiophene rings is 1. The van der Waals surface area contributed by atoms with Gasteiger partial charge in [-0.25, -0.2) is 0 Å². The van der Waals surface area contributed by atoms with Crippen molar-refractivity contribution in [2.45, 2.75) is 39.3 Å². The van der Waals surface area contributed by atoms with E-state index in [1.807, 2.05) is 15.8 Å². The zero-order chi connectivity index (χ0) is 16.8. The maximum absolute atomic E-state index is 12.5. The quantitative estimate of drug-likeness (QED) is 0.807. The molecule has 0 radical (unpaired) electrons. The van der Waals surface area contributed by atoms with Crippen molar-refractivity contribution in [2.75, 3.05) is 26.2 Å². The van der Waals surface area contributed by atoms with Gasteiger partial charge in [-0.05, 0) is 42.2 Å². The monoisotopic (exact) mass is 346 g/mol. The molecule has 0 aliphatic carbocycles. The van der Waals surface area contributed by atoms with Crippen LogP contribution in [0.15, 0.2) is 29.2 Å². The number of hydrogen-bond acceptors (Lipinski definition) is 4. The molecule has 0 aromatic carbocycles. The Morgan fingerprint density at radius 3 is 2.92 bits per heavy atom. The van der Waals surface area contributed by atoms with Crippen molar-refractivity contribution in [3.05, 3.63) is 40.3 Å². The first-order chi connectivity index (χ1) is 11.7. The first kappa shape index (κ1) is 17.2. The second-order valence-electron chi connectivity index (χ2n) is 6.35. The number of carbonyl (C=O) groups excluding carboxylic acids is 1. The molecule has 0 spiro atoms. The number of aromatic nitrogens is 2. The molecule has 3 rings (SSSR count). The van der Waals surface area contributed by atoms with Crippen LogP contribution >= 0.6 is 11.3 Å². The highest BCUT2D eigenvalue weighted by Gasteiger charge is 2.19. The molecule has 0 N–H and O–H groups in total. The van der Waals surface area contributed by atoms with Crippen LogP contribution in [0.1, 0.15) is 30.9 Å². The van der Waals surface area contributed by atoms with Gasteiger partial charge in [0.15, 0.2) is 0 Å². The molecule has 0 unspecified atom stereocenters. The largest absolute Gasteiger partial charge is 0.341 e. The van der Waals surface area contributed by atoms with E-state index in [1.54, 1.807) is 11.3 Å². The minimum atomic E-state index is 0.293. The van der Waals surface area contributed by atoms with Gasteiger partial charge in [0.1, 0.15) is 0 Å². The SMILES string of the molecule is CCn1cc(CN2CCCN(C(=O)CCc3ccsc3)CC2)cn1. The fourth-order valence-electron chi connectivity index (χ4n) is 3.14. The zero-order valence-corrected chi connectivity index (χ0v) is 15.2. The molecule has 1 fully saturated rings. The van der Waals surface area contributed by atoms with Crippen molar-refractivity contribution in [3.63, 3.8) is 0 Å². The Morgan fingerprint density at radius 2 is 2.17 bits per heavy atom. The number of amides is 1. The van der Waals surface area contributed by atoms with Crippen molar-refractivity contribution >= 4 is 17.2 Å². The fourth-order valence-corrected chi connectivity index (χ4v) is 3.85. The van der Waals surface area contributed by atoms with Crippen LogP contribution in [-0.4, -0.2) is 51.7 Å². The van der Waals surface area contributed by atoms with E-state index in [0.717, 1.165) is 52.1 Å². The van der Waals surface area contributed by atoms with Crippen LogP contribution in [0.3, 0.4) is 0 Å². The summed E-state index contributed by atoms with van der Waals surface area (Å²) in [6.07, 6.45) is 6.61. The van der Waals surface area contributed by atoms with E-state index < -0.39 is 0 Å². The summed E-state index contributed by atoms with van der Waals surface area (Å²) in [6, 6.07) is 2.11. The number of aryl methyl sites for hydroxylation is 2. The molecular formula is C18H26N4OS. The van der Waals surface area contributed by atoms with Crippen LogP contribution in [-0.2, 0) is 24.3 Å². The normalized spacial score (nSPS) is 16.3. The summed E-state index contributed by atoms with van der Waals surface area (Å²) in [5, 5.41) is 8.55. The van der Waals surface area contributed by atoms with E-state index in [9.17, 15) is 4.79 Å². The Morgan fingerprint density at radius 1 is 1.25 bits per heavy atom. The molecule has 0 bridgehead atoms. The van der Waals surface area contributed by atoms with Gasteiger partial charge in [-0.15, -0.1) is 0 Å². The van der Waals surface area contributed by atoms with Crippen LogP contribution in [0.25, 0.3) is 0 Å². The van der Waals surface area contributed by atoms with E-state index in [2.05, 4.69) is 39.9 Å². The highest BCUT2D eigenvalue weighted by molar-refractivity contribution is 7.07. The van der Waals surface area contributed by atoms with E-state index in [1.165, 1.54) is 11.1 Å². The number of hydrogen-bond donors (Lipinski definition) is 0. The third kappa shape index (κ3) is 4.68. The fraction of sp³-hybridized carbons (Fsp3) is 0.556. The summed E-state index contributed by atoms with van der Waals surface area (Å²) < 4.78 is 1.97. The first-order valence-electron chi connectivity index (χ1n) is 8.77. The maximum Gasteiger partial charge on any atom is 0.222 e. The second-order valence-corrected chi connectivity index (χ2v) is 7.13. The van der Waals surface area contributed by atoms with Gasteiger partial charge in [0.25, 0.3) is 0 Å². The number of carbonyl (C=O) groups is 1. The number of nitrogens with zero attached hydrogens (tertiary/aromatic N) is 4. The van der Waals surface area contributed by atoms with Crippen molar-refractivity contribution < 1.29 is 4.79 Å². The highest BCUT2D eigenvalue weighted by atomic mass is 32.1. The molecule has 6 heteroatoms. The summed E-state index contributed by atoms with van der Waals surface area (Å²) in [7, 11) is 0. The van der Waals surface area contributed by atoms with Gasteiger partial charge in [0, 0.05) is 57.4 Å². The molecule has 0 saturated carbocycles. The molecule has 3 heterocycles. The molecule has 0 atom stereocenters. The molecule has 1 aliphatic rings. The highest BCUT2D eigenvalue weighted by Crippen LogP contribution is 2.12. The predicted molar refractivity (Wildman–Crippen MR) is 97.0 cm³/mol. The molecular weight excluding hydrogens is 320 g/mol. The molecule has 24 heavy (non-hydrogen) atoms. The Kier molecular flexibility index (Phi) is 6.04. The van der Waals surface area contributed by atoms with E-state index in [4.69, 9.17) is 0 Å². The van der Waals surface area contributed by atoms with Gasteiger partial charge in [-0.3, -0.25) is 14.4 Å². The van der Waals surface area contributed by atoms with Crippen LogP contribution in [0.2, 0.25) is 0 Å². The third-order valence-corrected chi connectivity index (χ3v) is 5.30. The van der Waals surface area contributed by atoms with E-state index >= 15 is 0 Å². The van der Waals surface area contributed by atoms with Crippen molar-refractivity contribution in [3.8, 4) is 0 Å². The Hall–Kier alpha value is -1.66. The Balaban J connectivity index is 1.46. The molecule has 5 nitrogen and oxygen atoms in total. The summed E-state index contributed by atoms with van der Waals surface area (Å²) in [5.74, 6) is 0.293. The van der Waals surface area contributed by atoms with E-state index in [0.29, 0.717) is 12.3 Å². The van der Waals surface area contributed by atoms with Crippen molar-refractivity contribution in [1.29, 1.82) is 0 Å². The Bertz CT molecular complexity index is 637. The standard InChI is InChI=1S/C18H26N4OS/c1-2-22-14-17(12-19-22)13-20-7-3-8-21(10-9-20)18(23)5-4-16-6-11-24-15-16/h6,11-12,14-15H,2-5,7-10,13H2,1H3. The Labute approximate surface area is 147 Å². The lowest BCUT2D eigenvalue weighted by Crippen LogP contribution is -2.35. The smallest absolute Gasteiger partial charge is 0.222 e. The minimum Gasteiger partial charge on any atom is -0.341 e. The van der Waals surface area contributed by atoms with Gasteiger partial charge >= 0.3 is 0 Å². The molecule has 2 aromatic heterocycles. The second kappa shape index (κ2) is 8.44. The average Bonchev–Trinajstić information content (AvgIpc) is 3.21. The van der Waals surface area contributed by atoms with Gasteiger partial charge in [-0.1, -0.05) is 0 Å². The van der Waals surface area contributed by atoms with Crippen molar-refractivity contribution in [2.24, 2.45) is 0 Å². The third-order valence-electron chi connectivity index (χ3n) is 4.57. The van der Waals surface area contributed by atoms with Gasteiger partial charge in [0.05, 0.1) is 6.20 Å². The maximum atomic E-state index is 12.5. The van der Waals surface area contributed by atoms with Crippen LogP contribution < -0.4 is 0 Å². The summed E-state index contributed by atoms with van der Waals surface area (Å²) in [5.41, 5.74) is 2.53. The summed E-state index contributed by atoms with van der Waals surface area (Å²) in [6.45, 7) is 7.65. The van der Waals surface area contributed by atoms with Gasteiger partial charge in [-0.2, -0.15) is 16.4 Å². The zero-order valence-electron chi connectivity index (χ0n) is 14.4. The summed E-state index contributed by atoms with van der Waals surface area (Å²) >= 11 is 1.70. The lowest BCUT2D eigenvalue weighted by atomic mass is 10.2. The minimum absolute atomic E-state index is 0.293.